The summed E-state index contributed by atoms with van der Waals surface area (Å²) < 4.78 is 0. The average Bonchev–Trinajstić information content (AvgIpc) is 2.53. The van der Waals surface area contributed by atoms with Crippen LogP contribution in [0.15, 0.2) is 0 Å². The van der Waals surface area contributed by atoms with Gasteiger partial charge in [0.05, 0.1) is 0 Å². The van der Waals surface area contributed by atoms with Gasteiger partial charge in [-0.15, -0.1) is 0 Å². The smallest absolute Gasteiger partial charge is 0.0195 e. The first-order valence-corrected chi connectivity index (χ1v) is 7.17. The van der Waals surface area contributed by atoms with Gasteiger partial charge in [0.2, 0.25) is 0 Å². The van der Waals surface area contributed by atoms with Gasteiger partial charge in [0.25, 0.3) is 0 Å². The molecule has 0 radical (unpaired) electrons. The van der Waals surface area contributed by atoms with Crippen LogP contribution in [-0.2, 0) is 0 Å². The first kappa shape index (κ1) is 12.5. The Bertz CT molecular complexity index is 233. The van der Waals surface area contributed by atoms with E-state index in [1.807, 2.05) is 0 Å². The van der Waals surface area contributed by atoms with Crippen LogP contribution in [0.25, 0.3) is 0 Å². The SMILES string of the molecule is CC(C)(C)C1(C(C)(C)C)CC2CCCC2C1. The van der Waals surface area contributed by atoms with Crippen molar-refractivity contribution in [1.29, 1.82) is 0 Å². The summed E-state index contributed by atoms with van der Waals surface area (Å²) in [7, 11) is 0. The molecule has 0 N–H and O–H groups in total. The Labute approximate surface area is 102 Å². The summed E-state index contributed by atoms with van der Waals surface area (Å²) in [5.41, 5.74) is 1.47. The van der Waals surface area contributed by atoms with E-state index in [9.17, 15) is 0 Å². The fraction of sp³-hybridized carbons (Fsp3) is 1.00. The van der Waals surface area contributed by atoms with Crippen molar-refractivity contribution in [1.82, 2.24) is 0 Å². The van der Waals surface area contributed by atoms with Crippen molar-refractivity contribution in [2.75, 3.05) is 0 Å². The molecule has 0 heterocycles. The lowest BCUT2D eigenvalue weighted by molar-refractivity contribution is -0.0332. The minimum Gasteiger partial charge on any atom is -0.0596 e. The standard InChI is InChI=1S/C16H30/c1-14(2,3)16(15(4,5)6)10-12-8-7-9-13(12)11-16/h12-13H,7-11H2,1-6H3. The molecule has 2 aliphatic rings. The van der Waals surface area contributed by atoms with Crippen LogP contribution in [-0.4, -0.2) is 0 Å². The Morgan fingerprint density at radius 1 is 0.750 bits per heavy atom. The summed E-state index contributed by atoms with van der Waals surface area (Å²) >= 11 is 0. The topological polar surface area (TPSA) is 0 Å². The van der Waals surface area contributed by atoms with Crippen LogP contribution in [0.2, 0.25) is 0 Å². The van der Waals surface area contributed by atoms with E-state index in [1.165, 1.54) is 32.1 Å². The molecule has 0 saturated heterocycles. The molecule has 0 aliphatic heterocycles. The van der Waals surface area contributed by atoms with Crippen molar-refractivity contribution < 1.29 is 0 Å². The Morgan fingerprint density at radius 2 is 1.12 bits per heavy atom. The van der Waals surface area contributed by atoms with Gasteiger partial charge in [0.15, 0.2) is 0 Å². The zero-order chi connectivity index (χ0) is 12.2. The first-order valence-electron chi connectivity index (χ1n) is 7.17. The van der Waals surface area contributed by atoms with Crippen LogP contribution in [0.1, 0.15) is 73.6 Å². The van der Waals surface area contributed by atoms with E-state index in [0.717, 1.165) is 11.8 Å². The predicted octanol–water partition coefficient (Wildman–Crippen LogP) is 5.28. The lowest BCUT2D eigenvalue weighted by Crippen LogP contribution is -2.44. The fourth-order valence-corrected chi connectivity index (χ4v) is 4.98. The Morgan fingerprint density at radius 3 is 1.44 bits per heavy atom. The molecule has 16 heavy (non-hydrogen) atoms. The van der Waals surface area contributed by atoms with Crippen LogP contribution in [0.3, 0.4) is 0 Å². The summed E-state index contributed by atoms with van der Waals surface area (Å²) in [5.74, 6) is 2.11. The highest BCUT2D eigenvalue weighted by Gasteiger charge is 2.57. The molecule has 0 aromatic rings. The first-order chi connectivity index (χ1) is 7.17. The summed E-state index contributed by atoms with van der Waals surface area (Å²) in [6.45, 7) is 14.8. The minimum absolute atomic E-state index is 0.454. The van der Waals surface area contributed by atoms with Crippen LogP contribution in [0, 0.1) is 28.1 Å². The zero-order valence-electron chi connectivity index (χ0n) is 12.2. The highest BCUT2D eigenvalue weighted by molar-refractivity contribution is 5.07. The third kappa shape index (κ3) is 1.64. The third-order valence-electron chi connectivity index (χ3n) is 5.91. The van der Waals surface area contributed by atoms with Gasteiger partial charge in [-0.3, -0.25) is 0 Å². The van der Waals surface area contributed by atoms with Crippen LogP contribution >= 0.6 is 0 Å². The molecule has 2 saturated carbocycles. The molecule has 0 aromatic carbocycles. The van der Waals surface area contributed by atoms with E-state index in [4.69, 9.17) is 0 Å². The monoisotopic (exact) mass is 222 g/mol. The van der Waals surface area contributed by atoms with Crippen LogP contribution < -0.4 is 0 Å². The van der Waals surface area contributed by atoms with Crippen molar-refractivity contribution in [3.8, 4) is 0 Å². The summed E-state index contributed by atoms with van der Waals surface area (Å²) in [6.07, 6.45) is 7.51. The zero-order valence-corrected chi connectivity index (χ0v) is 12.2. The molecule has 0 nitrogen and oxygen atoms in total. The second-order valence-electron chi connectivity index (χ2n) is 8.44. The molecule has 0 aromatic heterocycles. The molecule has 2 aliphatic carbocycles. The molecular formula is C16H30. The second-order valence-corrected chi connectivity index (χ2v) is 8.44. The molecule has 2 unspecified atom stereocenters. The van der Waals surface area contributed by atoms with Crippen LogP contribution in [0.5, 0.6) is 0 Å². The van der Waals surface area contributed by atoms with E-state index >= 15 is 0 Å². The van der Waals surface area contributed by atoms with E-state index in [0.29, 0.717) is 16.2 Å². The largest absolute Gasteiger partial charge is 0.0596 e. The summed E-state index contributed by atoms with van der Waals surface area (Å²) in [6, 6.07) is 0. The maximum Gasteiger partial charge on any atom is -0.0195 e. The number of hydrogen-bond donors (Lipinski definition) is 0. The van der Waals surface area contributed by atoms with Crippen molar-refractivity contribution in [3.63, 3.8) is 0 Å². The highest BCUT2D eigenvalue weighted by atomic mass is 14.6. The Kier molecular flexibility index (Phi) is 2.72. The lowest BCUT2D eigenvalue weighted by atomic mass is 9.52. The van der Waals surface area contributed by atoms with E-state index in [1.54, 1.807) is 0 Å². The van der Waals surface area contributed by atoms with Gasteiger partial charge < -0.3 is 0 Å². The van der Waals surface area contributed by atoms with Crippen molar-refractivity contribution in [2.45, 2.75) is 73.6 Å². The highest BCUT2D eigenvalue weighted by Crippen LogP contribution is 2.66. The Hall–Kier alpha value is 0. The van der Waals surface area contributed by atoms with Gasteiger partial charge in [-0.2, -0.15) is 0 Å². The summed E-state index contributed by atoms with van der Waals surface area (Å²) in [4.78, 5) is 0. The Balaban J connectivity index is 2.32. The molecular weight excluding hydrogens is 192 g/mol. The number of hydrogen-bond acceptors (Lipinski definition) is 0. The molecule has 0 bridgehead atoms. The van der Waals surface area contributed by atoms with Gasteiger partial charge in [0, 0.05) is 0 Å². The van der Waals surface area contributed by atoms with E-state index in [-0.39, 0.29) is 0 Å². The van der Waals surface area contributed by atoms with Gasteiger partial charge in [-0.25, -0.2) is 0 Å². The second kappa shape index (κ2) is 3.50. The van der Waals surface area contributed by atoms with Gasteiger partial charge in [-0.05, 0) is 40.9 Å². The molecule has 0 amide bonds. The van der Waals surface area contributed by atoms with Gasteiger partial charge >= 0.3 is 0 Å². The number of fused-ring (bicyclic) bond motifs is 1. The quantitative estimate of drug-likeness (QED) is 0.523. The maximum absolute atomic E-state index is 2.47. The third-order valence-corrected chi connectivity index (χ3v) is 5.91. The predicted molar refractivity (Wildman–Crippen MR) is 71.4 cm³/mol. The fourth-order valence-electron chi connectivity index (χ4n) is 4.98. The molecule has 2 atom stereocenters. The van der Waals surface area contributed by atoms with Crippen molar-refractivity contribution in [2.24, 2.45) is 28.1 Å². The van der Waals surface area contributed by atoms with Crippen molar-refractivity contribution in [3.05, 3.63) is 0 Å². The molecule has 94 valence electrons. The van der Waals surface area contributed by atoms with Crippen molar-refractivity contribution >= 4 is 0 Å². The maximum atomic E-state index is 2.47. The van der Waals surface area contributed by atoms with Gasteiger partial charge in [-0.1, -0.05) is 60.8 Å². The molecule has 0 spiro atoms. The van der Waals surface area contributed by atoms with E-state index < -0.39 is 0 Å². The van der Waals surface area contributed by atoms with E-state index in [2.05, 4.69) is 41.5 Å². The minimum atomic E-state index is 0.454. The van der Waals surface area contributed by atoms with Gasteiger partial charge in [0.1, 0.15) is 0 Å². The lowest BCUT2D eigenvalue weighted by Gasteiger charge is -2.52. The van der Waals surface area contributed by atoms with Crippen LogP contribution in [0.4, 0.5) is 0 Å². The average molecular weight is 222 g/mol. The molecule has 2 fully saturated rings. The molecule has 2 rings (SSSR count). The number of rotatable bonds is 0. The summed E-state index contributed by atoms with van der Waals surface area (Å²) in [5, 5.41) is 0. The normalized spacial score (nSPS) is 34.1. The molecule has 0 heteroatoms.